The molecule has 5 heteroatoms. The first-order chi connectivity index (χ1) is 9.83. The lowest BCUT2D eigenvalue weighted by molar-refractivity contribution is -0.169. The number of ether oxygens (including phenoxy) is 4. The molecule has 1 aromatic heterocycles. The molecule has 0 saturated carbocycles. The standard InChI is InChI=1S/C15H23NO4/c1-3-17-13-9-8-12(15(16-13)18-4-2)11-20-14-7-5-6-10-19-14/h8-9,14H,3-7,10-11H2,1-2H3. The van der Waals surface area contributed by atoms with Gasteiger partial charge in [-0.1, -0.05) is 0 Å². The molecule has 1 fully saturated rings. The van der Waals surface area contributed by atoms with Crippen LogP contribution in [0.1, 0.15) is 38.7 Å². The Bertz CT molecular complexity index is 405. The van der Waals surface area contributed by atoms with Crippen molar-refractivity contribution >= 4 is 0 Å². The molecule has 0 amide bonds. The highest BCUT2D eigenvalue weighted by molar-refractivity contribution is 5.30. The summed E-state index contributed by atoms with van der Waals surface area (Å²) < 4.78 is 22.3. The number of pyridine rings is 1. The van der Waals surface area contributed by atoms with Crippen molar-refractivity contribution in [2.45, 2.75) is 46.0 Å². The van der Waals surface area contributed by atoms with E-state index in [0.717, 1.165) is 31.4 Å². The first-order valence-electron chi connectivity index (χ1n) is 7.32. The topological polar surface area (TPSA) is 49.8 Å². The van der Waals surface area contributed by atoms with E-state index in [1.165, 1.54) is 0 Å². The first-order valence-corrected chi connectivity index (χ1v) is 7.32. The Labute approximate surface area is 120 Å². The summed E-state index contributed by atoms with van der Waals surface area (Å²) in [6, 6.07) is 3.78. The molecule has 2 heterocycles. The third kappa shape index (κ3) is 4.35. The molecule has 1 atom stereocenters. The van der Waals surface area contributed by atoms with Gasteiger partial charge < -0.3 is 18.9 Å². The molecule has 20 heavy (non-hydrogen) atoms. The Morgan fingerprint density at radius 1 is 1.20 bits per heavy atom. The van der Waals surface area contributed by atoms with Gasteiger partial charge in [-0.15, -0.1) is 0 Å². The summed E-state index contributed by atoms with van der Waals surface area (Å²) in [4.78, 5) is 4.35. The van der Waals surface area contributed by atoms with Gasteiger partial charge in [-0.2, -0.15) is 4.98 Å². The van der Waals surface area contributed by atoms with E-state index < -0.39 is 0 Å². The zero-order valence-electron chi connectivity index (χ0n) is 12.3. The molecule has 0 radical (unpaired) electrons. The maximum Gasteiger partial charge on any atom is 0.222 e. The van der Waals surface area contributed by atoms with Crippen LogP contribution in [0.2, 0.25) is 0 Å². The highest BCUT2D eigenvalue weighted by Crippen LogP contribution is 2.23. The SMILES string of the molecule is CCOc1ccc(COC2CCCCO2)c(OCC)n1. The van der Waals surface area contributed by atoms with Gasteiger partial charge in [-0.3, -0.25) is 0 Å². The van der Waals surface area contributed by atoms with Crippen LogP contribution in [0.25, 0.3) is 0 Å². The van der Waals surface area contributed by atoms with E-state index in [4.69, 9.17) is 18.9 Å². The Hall–Kier alpha value is -1.33. The van der Waals surface area contributed by atoms with Gasteiger partial charge >= 0.3 is 0 Å². The van der Waals surface area contributed by atoms with Crippen molar-refractivity contribution in [2.24, 2.45) is 0 Å². The van der Waals surface area contributed by atoms with Gasteiger partial charge in [0.2, 0.25) is 11.8 Å². The predicted molar refractivity (Wildman–Crippen MR) is 75.0 cm³/mol. The number of hydrogen-bond acceptors (Lipinski definition) is 5. The van der Waals surface area contributed by atoms with Gasteiger partial charge in [0.25, 0.3) is 0 Å². The average molecular weight is 281 g/mol. The van der Waals surface area contributed by atoms with Crippen LogP contribution < -0.4 is 9.47 Å². The summed E-state index contributed by atoms with van der Waals surface area (Å²) in [6.07, 6.45) is 3.12. The molecule has 2 rings (SSSR count). The second kappa shape index (κ2) is 8.07. The minimum absolute atomic E-state index is 0.107. The van der Waals surface area contributed by atoms with Crippen molar-refractivity contribution in [3.05, 3.63) is 17.7 Å². The summed E-state index contributed by atoms with van der Waals surface area (Å²) in [5.74, 6) is 1.16. The molecule has 1 aliphatic rings. The summed E-state index contributed by atoms with van der Waals surface area (Å²) >= 11 is 0. The van der Waals surface area contributed by atoms with Gasteiger partial charge in [0.1, 0.15) is 0 Å². The van der Waals surface area contributed by atoms with Crippen molar-refractivity contribution in [1.29, 1.82) is 0 Å². The van der Waals surface area contributed by atoms with Crippen LogP contribution in [0.5, 0.6) is 11.8 Å². The molecule has 1 aliphatic heterocycles. The lowest BCUT2D eigenvalue weighted by Gasteiger charge is -2.23. The van der Waals surface area contributed by atoms with E-state index in [0.29, 0.717) is 31.6 Å². The highest BCUT2D eigenvalue weighted by Gasteiger charge is 2.16. The molecule has 0 bridgehead atoms. The van der Waals surface area contributed by atoms with E-state index >= 15 is 0 Å². The molecule has 1 unspecified atom stereocenters. The second-order valence-corrected chi connectivity index (χ2v) is 4.59. The molecule has 1 saturated heterocycles. The Morgan fingerprint density at radius 3 is 2.75 bits per heavy atom. The van der Waals surface area contributed by atoms with Crippen LogP contribution in [-0.4, -0.2) is 31.1 Å². The normalized spacial score (nSPS) is 18.8. The molecule has 1 aromatic rings. The summed E-state index contributed by atoms with van der Waals surface area (Å²) in [6.45, 7) is 6.24. The van der Waals surface area contributed by atoms with Crippen LogP contribution in [-0.2, 0) is 16.1 Å². The highest BCUT2D eigenvalue weighted by atomic mass is 16.7. The van der Waals surface area contributed by atoms with Gasteiger partial charge in [0.15, 0.2) is 6.29 Å². The largest absolute Gasteiger partial charge is 0.478 e. The average Bonchev–Trinajstić information content (AvgIpc) is 2.48. The third-order valence-corrected chi connectivity index (χ3v) is 3.05. The van der Waals surface area contributed by atoms with Gasteiger partial charge in [-0.25, -0.2) is 0 Å². The zero-order chi connectivity index (χ0) is 14.2. The molecule has 0 aliphatic carbocycles. The Kier molecular flexibility index (Phi) is 6.08. The molecule has 5 nitrogen and oxygen atoms in total. The van der Waals surface area contributed by atoms with Crippen LogP contribution in [0.4, 0.5) is 0 Å². The van der Waals surface area contributed by atoms with E-state index in [1.54, 1.807) is 0 Å². The molecular weight excluding hydrogens is 258 g/mol. The first kappa shape index (κ1) is 15.1. The fraction of sp³-hybridized carbons (Fsp3) is 0.667. The quantitative estimate of drug-likeness (QED) is 0.769. The number of nitrogens with zero attached hydrogens (tertiary/aromatic N) is 1. The smallest absolute Gasteiger partial charge is 0.222 e. The molecule has 0 aromatic carbocycles. The van der Waals surface area contributed by atoms with Crippen molar-refractivity contribution in [1.82, 2.24) is 4.98 Å². The molecule has 112 valence electrons. The molecular formula is C15H23NO4. The Morgan fingerprint density at radius 2 is 2.05 bits per heavy atom. The van der Waals surface area contributed by atoms with E-state index in [2.05, 4.69) is 4.98 Å². The Balaban J connectivity index is 1.97. The lowest BCUT2D eigenvalue weighted by Crippen LogP contribution is -2.22. The van der Waals surface area contributed by atoms with Crippen molar-refractivity contribution in [3.63, 3.8) is 0 Å². The predicted octanol–water partition coefficient (Wildman–Crippen LogP) is 2.92. The van der Waals surface area contributed by atoms with Crippen molar-refractivity contribution < 1.29 is 18.9 Å². The minimum Gasteiger partial charge on any atom is -0.478 e. The second-order valence-electron chi connectivity index (χ2n) is 4.59. The van der Waals surface area contributed by atoms with Crippen molar-refractivity contribution in [3.8, 4) is 11.8 Å². The summed E-state index contributed by atoms with van der Waals surface area (Å²) in [7, 11) is 0. The zero-order valence-corrected chi connectivity index (χ0v) is 12.3. The van der Waals surface area contributed by atoms with E-state index in [-0.39, 0.29) is 6.29 Å². The number of rotatable bonds is 7. The fourth-order valence-corrected chi connectivity index (χ4v) is 2.08. The van der Waals surface area contributed by atoms with E-state index in [1.807, 2.05) is 26.0 Å². The van der Waals surface area contributed by atoms with Crippen LogP contribution in [0.3, 0.4) is 0 Å². The van der Waals surface area contributed by atoms with Gasteiger partial charge in [-0.05, 0) is 39.2 Å². The maximum atomic E-state index is 5.77. The van der Waals surface area contributed by atoms with Crippen LogP contribution in [0.15, 0.2) is 12.1 Å². The molecule has 0 N–H and O–H groups in total. The third-order valence-electron chi connectivity index (χ3n) is 3.05. The fourth-order valence-electron chi connectivity index (χ4n) is 2.08. The lowest BCUT2D eigenvalue weighted by atomic mass is 10.2. The summed E-state index contributed by atoms with van der Waals surface area (Å²) in [5.41, 5.74) is 0.921. The minimum atomic E-state index is -0.107. The monoisotopic (exact) mass is 281 g/mol. The van der Waals surface area contributed by atoms with Crippen molar-refractivity contribution in [2.75, 3.05) is 19.8 Å². The maximum absolute atomic E-state index is 5.77. The van der Waals surface area contributed by atoms with Crippen LogP contribution in [0, 0.1) is 0 Å². The number of hydrogen-bond donors (Lipinski definition) is 0. The van der Waals surface area contributed by atoms with Crippen LogP contribution >= 0.6 is 0 Å². The van der Waals surface area contributed by atoms with Gasteiger partial charge in [0, 0.05) is 18.2 Å². The van der Waals surface area contributed by atoms with E-state index in [9.17, 15) is 0 Å². The molecule has 0 spiro atoms. The summed E-state index contributed by atoms with van der Waals surface area (Å²) in [5, 5.41) is 0. The van der Waals surface area contributed by atoms with Gasteiger partial charge in [0.05, 0.1) is 19.8 Å². The number of aromatic nitrogens is 1.